The summed E-state index contributed by atoms with van der Waals surface area (Å²) in [6.45, 7) is 1.10. The molecule has 0 aliphatic carbocycles. The first-order chi connectivity index (χ1) is 5.63. The van der Waals surface area contributed by atoms with Gasteiger partial charge in [0.2, 0.25) is 0 Å². The SMILES string of the molecule is NC(N)=NCCCNCC(=O)O. The van der Waals surface area contributed by atoms with E-state index in [-0.39, 0.29) is 12.5 Å². The number of hydrogen-bond acceptors (Lipinski definition) is 3. The average Bonchev–Trinajstić information content (AvgIpc) is 1.95. The Kier molecular flexibility index (Phi) is 5.72. The molecule has 0 aromatic rings. The van der Waals surface area contributed by atoms with Gasteiger partial charge in [-0.3, -0.25) is 9.79 Å². The average molecular weight is 174 g/mol. The summed E-state index contributed by atoms with van der Waals surface area (Å²) in [5.74, 6) is -0.801. The van der Waals surface area contributed by atoms with E-state index in [0.29, 0.717) is 13.1 Å². The highest BCUT2D eigenvalue weighted by molar-refractivity contribution is 5.75. The van der Waals surface area contributed by atoms with Gasteiger partial charge in [0.1, 0.15) is 0 Å². The highest BCUT2D eigenvalue weighted by Gasteiger charge is 1.93. The van der Waals surface area contributed by atoms with Gasteiger partial charge in [0, 0.05) is 6.54 Å². The standard InChI is InChI=1S/C6H14N4O2/c7-6(8)10-3-1-2-9-4-5(11)12/h9H,1-4H2,(H,11,12)(H4,7,8,10). The summed E-state index contributed by atoms with van der Waals surface area (Å²) >= 11 is 0. The van der Waals surface area contributed by atoms with Crippen molar-refractivity contribution in [3.05, 3.63) is 0 Å². The third-order valence-corrected chi connectivity index (χ3v) is 1.08. The molecule has 0 bridgehead atoms. The first-order valence-corrected chi connectivity index (χ1v) is 3.61. The topological polar surface area (TPSA) is 114 Å². The maximum atomic E-state index is 10.0. The van der Waals surface area contributed by atoms with Crippen LogP contribution in [0.5, 0.6) is 0 Å². The molecule has 0 rings (SSSR count). The van der Waals surface area contributed by atoms with E-state index in [1.807, 2.05) is 0 Å². The third kappa shape index (κ3) is 8.70. The lowest BCUT2D eigenvalue weighted by Crippen LogP contribution is -2.25. The summed E-state index contributed by atoms with van der Waals surface area (Å²) in [7, 11) is 0. The smallest absolute Gasteiger partial charge is 0.317 e. The lowest BCUT2D eigenvalue weighted by Gasteiger charge is -1.98. The molecule has 0 aliphatic rings. The largest absolute Gasteiger partial charge is 0.480 e. The highest BCUT2D eigenvalue weighted by atomic mass is 16.4. The van der Waals surface area contributed by atoms with Crippen molar-refractivity contribution in [2.45, 2.75) is 6.42 Å². The van der Waals surface area contributed by atoms with E-state index in [1.54, 1.807) is 0 Å². The Morgan fingerprint density at radius 3 is 2.67 bits per heavy atom. The van der Waals surface area contributed by atoms with Crippen LogP contribution in [0.3, 0.4) is 0 Å². The summed E-state index contributed by atoms with van der Waals surface area (Å²) in [5.41, 5.74) is 10.1. The molecule has 6 heteroatoms. The number of carboxylic acid groups (broad SMARTS) is 1. The van der Waals surface area contributed by atoms with Crippen LogP contribution >= 0.6 is 0 Å². The summed E-state index contributed by atoms with van der Waals surface area (Å²) < 4.78 is 0. The van der Waals surface area contributed by atoms with Crippen LogP contribution in [-0.2, 0) is 4.79 Å². The van der Waals surface area contributed by atoms with Gasteiger partial charge in [-0.1, -0.05) is 0 Å². The third-order valence-electron chi connectivity index (χ3n) is 1.08. The molecule has 0 atom stereocenters. The van der Waals surface area contributed by atoms with Crippen LogP contribution in [0.2, 0.25) is 0 Å². The second-order valence-corrected chi connectivity index (χ2v) is 2.23. The Hall–Kier alpha value is -1.30. The van der Waals surface area contributed by atoms with Crippen LogP contribution in [-0.4, -0.2) is 36.7 Å². The minimum Gasteiger partial charge on any atom is -0.480 e. The number of carbonyl (C=O) groups is 1. The van der Waals surface area contributed by atoms with Gasteiger partial charge in [-0.15, -0.1) is 0 Å². The number of aliphatic carboxylic acids is 1. The number of carboxylic acids is 1. The van der Waals surface area contributed by atoms with Gasteiger partial charge in [-0.05, 0) is 13.0 Å². The van der Waals surface area contributed by atoms with Gasteiger partial charge < -0.3 is 21.9 Å². The van der Waals surface area contributed by atoms with Crippen LogP contribution in [0.15, 0.2) is 4.99 Å². The Morgan fingerprint density at radius 1 is 1.50 bits per heavy atom. The number of rotatable bonds is 6. The normalized spacial score (nSPS) is 9.33. The molecule has 0 radical (unpaired) electrons. The molecule has 0 saturated carbocycles. The highest BCUT2D eigenvalue weighted by Crippen LogP contribution is 1.77. The quantitative estimate of drug-likeness (QED) is 0.218. The van der Waals surface area contributed by atoms with Crippen LogP contribution in [0.4, 0.5) is 0 Å². The maximum absolute atomic E-state index is 10.0. The first-order valence-electron chi connectivity index (χ1n) is 3.61. The van der Waals surface area contributed by atoms with E-state index in [4.69, 9.17) is 16.6 Å². The van der Waals surface area contributed by atoms with Crippen molar-refractivity contribution in [1.29, 1.82) is 0 Å². The predicted molar refractivity (Wildman–Crippen MR) is 45.8 cm³/mol. The van der Waals surface area contributed by atoms with Gasteiger partial charge in [-0.25, -0.2) is 0 Å². The Labute approximate surface area is 70.6 Å². The van der Waals surface area contributed by atoms with Crippen LogP contribution in [0.1, 0.15) is 6.42 Å². The Bertz CT molecular complexity index is 165. The second kappa shape index (κ2) is 6.41. The van der Waals surface area contributed by atoms with Crippen molar-refractivity contribution in [1.82, 2.24) is 5.32 Å². The number of aliphatic imine (C=N–C) groups is 1. The molecule has 0 unspecified atom stereocenters. The zero-order chi connectivity index (χ0) is 9.40. The number of nitrogens with zero attached hydrogens (tertiary/aromatic N) is 1. The lowest BCUT2D eigenvalue weighted by molar-refractivity contribution is -0.135. The predicted octanol–water partition coefficient (Wildman–Crippen LogP) is -1.68. The van der Waals surface area contributed by atoms with Crippen LogP contribution < -0.4 is 16.8 Å². The van der Waals surface area contributed by atoms with E-state index in [0.717, 1.165) is 6.42 Å². The number of hydrogen-bond donors (Lipinski definition) is 4. The van der Waals surface area contributed by atoms with E-state index in [1.165, 1.54) is 0 Å². The lowest BCUT2D eigenvalue weighted by atomic mass is 10.4. The molecule has 6 N–H and O–H groups in total. The first kappa shape index (κ1) is 10.7. The molecular weight excluding hydrogens is 160 g/mol. The van der Waals surface area contributed by atoms with Crippen LogP contribution in [0.25, 0.3) is 0 Å². The van der Waals surface area contributed by atoms with E-state index in [2.05, 4.69) is 10.3 Å². The second-order valence-electron chi connectivity index (χ2n) is 2.23. The van der Waals surface area contributed by atoms with Crippen molar-refractivity contribution in [2.75, 3.05) is 19.6 Å². The fourth-order valence-corrected chi connectivity index (χ4v) is 0.608. The van der Waals surface area contributed by atoms with Gasteiger partial charge in [0.05, 0.1) is 6.54 Å². The Morgan fingerprint density at radius 2 is 2.17 bits per heavy atom. The van der Waals surface area contributed by atoms with E-state index < -0.39 is 5.97 Å². The zero-order valence-electron chi connectivity index (χ0n) is 6.79. The summed E-state index contributed by atoms with van der Waals surface area (Å²) in [4.78, 5) is 13.7. The fourth-order valence-electron chi connectivity index (χ4n) is 0.608. The van der Waals surface area contributed by atoms with Gasteiger partial charge in [0.25, 0.3) is 0 Å². The van der Waals surface area contributed by atoms with Crippen molar-refractivity contribution in [2.24, 2.45) is 16.5 Å². The van der Waals surface area contributed by atoms with Crippen molar-refractivity contribution < 1.29 is 9.90 Å². The number of nitrogens with two attached hydrogens (primary N) is 2. The van der Waals surface area contributed by atoms with Crippen molar-refractivity contribution in [3.63, 3.8) is 0 Å². The summed E-state index contributed by atoms with van der Waals surface area (Å²) in [6, 6.07) is 0. The summed E-state index contributed by atoms with van der Waals surface area (Å²) in [5, 5.41) is 10.9. The molecule has 0 amide bonds. The number of guanidine groups is 1. The Balaban J connectivity index is 3.11. The van der Waals surface area contributed by atoms with Crippen molar-refractivity contribution in [3.8, 4) is 0 Å². The molecular formula is C6H14N4O2. The molecule has 6 nitrogen and oxygen atoms in total. The fraction of sp³-hybridized carbons (Fsp3) is 0.667. The summed E-state index contributed by atoms with van der Waals surface area (Å²) in [6.07, 6.45) is 0.727. The molecule has 0 heterocycles. The van der Waals surface area contributed by atoms with E-state index in [9.17, 15) is 4.79 Å². The maximum Gasteiger partial charge on any atom is 0.317 e. The molecule has 12 heavy (non-hydrogen) atoms. The van der Waals surface area contributed by atoms with E-state index >= 15 is 0 Å². The molecule has 0 spiro atoms. The molecule has 70 valence electrons. The number of nitrogens with one attached hydrogen (secondary N) is 1. The minimum absolute atomic E-state index is 0.0260. The van der Waals surface area contributed by atoms with Crippen molar-refractivity contribution >= 4 is 11.9 Å². The molecule has 0 aromatic carbocycles. The monoisotopic (exact) mass is 174 g/mol. The zero-order valence-corrected chi connectivity index (χ0v) is 6.79. The van der Waals surface area contributed by atoms with Crippen LogP contribution in [0, 0.1) is 0 Å². The minimum atomic E-state index is -0.864. The van der Waals surface area contributed by atoms with Gasteiger partial charge in [0.15, 0.2) is 5.96 Å². The van der Waals surface area contributed by atoms with Gasteiger partial charge >= 0.3 is 5.97 Å². The molecule has 0 aromatic heterocycles. The molecule has 0 aliphatic heterocycles. The molecule has 0 saturated heterocycles. The van der Waals surface area contributed by atoms with Gasteiger partial charge in [-0.2, -0.15) is 0 Å². The molecule has 0 fully saturated rings.